The van der Waals surface area contributed by atoms with Crippen LogP contribution < -0.4 is 11.5 Å². The first-order valence-electron chi connectivity index (χ1n) is 4.54. The molecule has 8 heteroatoms. The molecule has 16 heavy (non-hydrogen) atoms. The topological polar surface area (TPSA) is 145 Å². The highest BCUT2D eigenvalue weighted by Gasteiger charge is 2.33. The van der Waals surface area contributed by atoms with Gasteiger partial charge in [-0.15, -0.1) is 0 Å². The summed E-state index contributed by atoms with van der Waals surface area (Å²) in [7, 11) is 0. The molecule has 0 aliphatic rings. The molecular weight excluding hydrogens is 220 g/mol. The number of esters is 2. The second-order valence-corrected chi connectivity index (χ2v) is 3.17. The summed E-state index contributed by atoms with van der Waals surface area (Å²) in [6.07, 6.45) is -6.04. The summed E-state index contributed by atoms with van der Waals surface area (Å²) in [6.45, 7) is 2.69. The lowest BCUT2D eigenvalue weighted by Gasteiger charge is -2.18. The number of carbonyl (C=O) groups is 2. The van der Waals surface area contributed by atoms with Crippen LogP contribution in [0.2, 0.25) is 0 Å². The summed E-state index contributed by atoms with van der Waals surface area (Å²) < 4.78 is 8.76. The van der Waals surface area contributed by atoms with Crippen LogP contribution in [0.5, 0.6) is 0 Å². The van der Waals surface area contributed by atoms with Crippen molar-refractivity contribution in [2.75, 3.05) is 0 Å². The molecule has 0 radical (unpaired) electrons. The van der Waals surface area contributed by atoms with Crippen molar-refractivity contribution in [3.8, 4) is 0 Å². The lowest BCUT2D eigenvalue weighted by atomic mass is 10.2. The predicted octanol–water partition coefficient (Wildman–Crippen LogP) is -2.60. The summed E-state index contributed by atoms with van der Waals surface area (Å²) in [5, 5.41) is 18.4. The van der Waals surface area contributed by atoms with Gasteiger partial charge < -0.3 is 19.7 Å². The second-order valence-electron chi connectivity index (χ2n) is 3.17. The molecule has 0 spiro atoms. The van der Waals surface area contributed by atoms with E-state index in [-0.39, 0.29) is 0 Å². The van der Waals surface area contributed by atoms with Crippen LogP contribution in [-0.4, -0.2) is 46.8 Å². The Morgan fingerprint density at radius 1 is 0.938 bits per heavy atom. The van der Waals surface area contributed by atoms with Crippen molar-refractivity contribution in [2.45, 2.75) is 38.5 Å². The van der Waals surface area contributed by atoms with Crippen LogP contribution in [0.3, 0.4) is 0 Å². The van der Waals surface area contributed by atoms with E-state index in [1.807, 2.05) is 0 Å². The summed E-state index contributed by atoms with van der Waals surface area (Å²) >= 11 is 0. The number of aliphatic hydroxyl groups is 2. The van der Waals surface area contributed by atoms with Gasteiger partial charge in [0.2, 0.25) is 0 Å². The maximum atomic E-state index is 11.0. The number of rotatable bonds is 5. The lowest BCUT2D eigenvalue weighted by molar-refractivity contribution is -0.177. The lowest BCUT2D eigenvalue weighted by Crippen LogP contribution is -2.44. The van der Waals surface area contributed by atoms with Gasteiger partial charge >= 0.3 is 11.9 Å². The number of ether oxygens (including phenoxy) is 2. The minimum Gasteiger partial charge on any atom is -0.445 e. The average Bonchev–Trinajstić information content (AvgIpc) is 2.13. The zero-order valence-corrected chi connectivity index (χ0v) is 8.99. The normalized spacial score (nSPS) is 18.1. The van der Waals surface area contributed by atoms with Crippen LogP contribution >= 0.6 is 0 Å². The van der Waals surface area contributed by atoms with Crippen molar-refractivity contribution < 1.29 is 29.3 Å². The molecule has 0 saturated carbocycles. The Morgan fingerprint density at radius 2 is 1.19 bits per heavy atom. The molecule has 6 N–H and O–H groups in total. The Morgan fingerprint density at radius 3 is 1.38 bits per heavy atom. The number of hydrogen-bond acceptors (Lipinski definition) is 8. The molecular formula is C8H16N2O6. The van der Waals surface area contributed by atoms with E-state index in [1.165, 1.54) is 13.8 Å². The van der Waals surface area contributed by atoms with Gasteiger partial charge in [-0.3, -0.25) is 11.5 Å². The van der Waals surface area contributed by atoms with Crippen LogP contribution in [0.4, 0.5) is 0 Å². The SMILES string of the molecule is CC(N)OC(=O)C(O)C(O)C(=O)OC(C)N. The summed E-state index contributed by atoms with van der Waals surface area (Å²) in [5.41, 5.74) is 10.2. The number of nitrogens with two attached hydrogens (primary N) is 2. The smallest absolute Gasteiger partial charge is 0.339 e. The average molecular weight is 236 g/mol. The van der Waals surface area contributed by atoms with E-state index >= 15 is 0 Å². The van der Waals surface area contributed by atoms with E-state index in [9.17, 15) is 19.8 Å². The van der Waals surface area contributed by atoms with E-state index in [4.69, 9.17) is 11.5 Å². The Balaban J connectivity index is 4.31. The molecule has 0 saturated heterocycles. The zero-order valence-electron chi connectivity index (χ0n) is 8.99. The van der Waals surface area contributed by atoms with E-state index in [0.717, 1.165) is 0 Å². The first kappa shape index (κ1) is 14.8. The molecule has 4 atom stereocenters. The van der Waals surface area contributed by atoms with Gasteiger partial charge in [0.05, 0.1) is 0 Å². The molecule has 0 aliphatic carbocycles. The van der Waals surface area contributed by atoms with Crippen molar-refractivity contribution in [3.63, 3.8) is 0 Å². The van der Waals surface area contributed by atoms with Crippen molar-refractivity contribution >= 4 is 11.9 Å². The minimum absolute atomic E-state index is 0.959. The van der Waals surface area contributed by atoms with Gasteiger partial charge in [0.1, 0.15) is 12.5 Å². The van der Waals surface area contributed by atoms with Crippen molar-refractivity contribution in [2.24, 2.45) is 11.5 Å². The summed E-state index contributed by atoms with van der Waals surface area (Å²) in [6, 6.07) is 0. The third-order valence-electron chi connectivity index (χ3n) is 1.39. The molecule has 4 unspecified atom stereocenters. The first-order chi connectivity index (χ1) is 7.25. The third-order valence-corrected chi connectivity index (χ3v) is 1.39. The number of carbonyl (C=O) groups excluding carboxylic acids is 2. The fourth-order valence-corrected chi connectivity index (χ4v) is 0.764. The molecule has 0 amide bonds. The molecule has 0 aromatic carbocycles. The predicted molar refractivity (Wildman–Crippen MR) is 51.5 cm³/mol. The van der Waals surface area contributed by atoms with Crippen molar-refractivity contribution in [1.29, 1.82) is 0 Å². The van der Waals surface area contributed by atoms with E-state index in [0.29, 0.717) is 0 Å². The van der Waals surface area contributed by atoms with E-state index < -0.39 is 36.6 Å². The molecule has 0 aromatic rings. The highest BCUT2D eigenvalue weighted by molar-refractivity contribution is 5.85. The Bertz CT molecular complexity index is 229. The molecule has 0 aromatic heterocycles. The zero-order chi connectivity index (χ0) is 12.9. The molecule has 0 bridgehead atoms. The van der Waals surface area contributed by atoms with Gasteiger partial charge in [-0.05, 0) is 13.8 Å². The highest BCUT2D eigenvalue weighted by Crippen LogP contribution is 2.01. The van der Waals surface area contributed by atoms with Crippen LogP contribution in [0.1, 0.15) is 13.8 Å². The molecule has 0 heterocycles. The van der Waals surface area contributed by atoms with E-state index in [1.54, 1.807) is 0 Å². The standard InChI is InChI=1S/C8H16N2O6/c1-3(9)15-7(13)5(11)6(12)8(14)16-4(2)10/h3-6,11-12H,9-10H2,1-2H3. The molecule has 94 valence electrons. The molecule has 0 aliphatic heterocycles. The Kier molecular flexibility index (Phi) is 5.89. The first-order valence-corrected chi connectivity index (χ1v) is 4.54. The van der Waals surface area contributed by atoms with Crippen LogP contribution in [0, 0.1) is 0 Å². The molecule has 0 rings (SSSR count). The van der Waals surface area contributed by atoms with Gasteiger partial charge in [-0.25, -0.2) is 9.59 Å². The van der Waals surface area contributed by atoms with Gasteiger partial charge in [-0.1, -0.05) is 0 Å². The Hall–Kier alpha value is -1.22. The van der Waals surface area contributed by atoms with Crippen LogP contribution in [0.25, 0.3) is 0 Å². The molecule has 8 nitrogen and oxygen atoms in total. The van der Waals surface area contributed by atoms with Gasteiger partial charge in [0, 0.05) is 0 Å². The summed E-state index contributed by atoms with van der Waals surface area (Å²) in [4.78, 5) is 22.1. The maximum Gasteiger partial charge on any atom is 0.339 e. The number of aliphatic hydroxyl groups excluding tert-OH is 2. The monoisotopic (exact) mass is 236 g/mol. The third kappa shape index (κ3) is 5.03. The number of hydrogen-bond donors (Lipinski definition) is 4. The maximum absolute atomic E-state index is 11.0. The fourth-order valence-electron chi connectivity index (χ4n) is 0.764. The minimum atomic E-state index is -2.06. The van der Waals surface area contributed by atoms with E-state index in [2.05, 4.69) is 9.47 Å². The van der Waals surface area contributed by atoms with Gasteiger partial charge in [-0.2, -0.15) is 0 Å². The largest absolute Gasteiger partial charge is 0.445 e. The van der Waals surface area contributed by atoms with Gasteiger partial charge in [0.15, 0.2) is 12.2 Å². The molecule has 0 fully saturated rings. The highest BCUT2D eigenvalue weighted by atomic mass is 16.6. The van der Waals surface area contributed by atoms with Crippen molar-refractivity contribution in [1.82, 2.24) is 0 Å². The quantitative estimate of drug-likeness (QED) is 0.300. The second kappa shape index (κ2) is 6.38. The van der Waals surface area contributed by atoms with Crippen LogP contribution in [0.15, 0.2) is 0 Å². The van der Waals surface area contributed by atoms with Gasteiger partial charge in [0.25, 0.3) is 0 Å². The van der Waals surface area contributed by atoms with Crippen molar-refractivity contribution in [3.05, 3.63) is 0 Å². The summed E-state index contributed by atoms with van der Waals surface area (Å²) in [5.74, 6) is -2.44. The fraction of sp³-hybridized carbons (Fsp3) is 0.750. The Labute approximate surface area is 92.1 Å². The van der Waals surface area contributed by atoms with Crippen LogP contribution in [-0.2, 0) is 19.1 Å².